The molecule has 0 bridgehead atoms. The van der Waals surface area contributed by atoms with E-state index in [2.05, 4.69) is 10.2 Å². The van der Waals surface area contributed by atoms with E-state index in [0.717, 1.165) is 30.2 Å². The maximum Gasteiger partial charge on any atom is 0.262 e. The van der Waals surface area contributed by atoms with Gasteiger partial charge in [-0.05, 0) is 12.1 Å². The molecule has 1 fully saturated rings. The van der Waals surface area contributed by atoms with Gasteiger partial charge in [-0.15, -0.1) is 0 Å². The lowest BCUT2D eigenvalue weighted by Crippen LogP contribution is -2.50. The van der Waals surface area contributed by atoms with Gasteiger partial charge in [0.15, 0.2) is 12.4 Å². The molecule has 1 saturated heterocycles. The number of nitrogens with zero attached hydrogens (tertiary/aromatic N) is 2. The molecule has 0 saturated carbocycles. The summed E-state index contributed by atoms with van der Waals surface area (Å²) in [5, 5.41) is 2.83. The molecule has 2 amide bonds. The van der Waals surface area contributed by atoms with Crippen molar-refractivity contribution in [2.45, 2.75) is 13.8 Å². The van der Waals surface area contributed by atoms with Crippen LogP contribution in [0, 0.1) is 5.92 Å². The van der Waals surface area contributed by atoms with Crippen molar-refractivity contribution in [1.82, 2.24) is 4.90 Å². The van der Waals surface area contributed by atoms with E-state index in [-0.39, 0.29) is 24.3 Å². The third-order valence-electron chi connectivity index (χ3n) is 4.04. The molecular weight excluding hydrogens is 282 g/mol. The van der Waals surface area contributed by atoms with Gasteiger partial charge in [0.25, 0.3) is 5.91 Å². The average molecular weight is 303 g/mol. The van der Waals surface area contributed by atoms with E-state index >= 15 is 0 Å². The van der Waals surface area contributed by atoms with Crippen molar-refractivity contribution in [2.75, 3.05) is 43.0 Å². The molecule has 1 aromatic rings. The summed E-state index contributed by atoms with van der Waals surface area (Å²) in [6, 6.07) is 5.75. The lowest BCUT2D eigenvalue weighted by atomic mass is 10.1. The zero-order chi connectivity index (χ0) is 15.7. The fourth-order valence-electron chi connectivity index (χ4n) is 2.88. The Labute approximate surface area is 130 Å². The molecule has 22 heavy (non-hydrogen) atoms. The molecule has 118 valence electrons. The standard InChI is InChI=1S/C16H21N3O3/c1-11(2)16(21)19-8-6-18(7-9-19)13-5-3-4-12-15(13)22-10-14(20)17-12/h3-5,11H,6-10H2,1-2H3,(H,17,20). The third-order valence-corrected chi connectivity index (χ3v) is 4.04. The summed E-state index contributed by atoms with van der Waals surface area (Å²) >= 11 is 0. The number of amides is 2. The van der Waals surface area contributed by atoms with Crippen LogP contribution in [0.4, 0.5) is 11.4 Å². The number of hydrogen-bond donors (Lipinski definition) is 1. The minimum atomic E-state index is -0.128. The molecule has 3 rings (SSSR count). The number of hydrogen-bond acceptors (Lipinski definition) is 4. The predicted molar refractivity (Wildman–Crippen MR) is 84.2 cm³/mol. The van der Waals surface area contributed by atoms with Gasteiger partial charge < -0.3 is 19.9 Å². The van der Waals surface area contributed by atoms with Gasteiger partial charge in [0.05, 0.1) is 11.4 Å². The first-order chi connectivity index (χ1) is 10.6. The van der Waals surface area contributed by atoms with E-state index in [1.165, 1.54) is 0 Å². The van der Waals surface area contributed by atoms with Crippen molar-refractivity contribution in [3.05, 3.63) is 18.2 Å². The molecule has 0 atom stereocenters. The fraction of sp³-hybridized carbons (Fsp3) is 0.500. The zero-order valence-electron chi connectivity index (χ0n) is 13.0. The summed E-state index contributed by atoms with van der Waals surface area (Å²) in [5.74, 6) is 0.843. The van der Waals surface area contributed by atoms with Gasteiger partial charge in [0.2, 0.25) is 5.91 Å². The summed E-state index contributed by atoms with van der Waals surface area (Å²) in [7, 11) is 0. The van der Waals surface area contributed by atoms with Crippen LogP contribution in [0.15, 0.2) is 18.2 Å². The van der Waals surface area contributed by atoms with Crippen LogP contribution in [0.25, 0.3) is 0 Å². The quantitative estimate of drug-likeness (QED) is 0.895. The Kier molecular flexibility index (Phi) is 3.92. The zero-order valence-corrected chi connectivity index (χ0v) is 13.0. The van der Waals surface area contributed by atoms with Gasteiger partial charge in [-0.3, -0.25) is 9.59 Å². The predicted octanol–water partition coefficient (Wildman–Crippen LogP) is 1.32. The Morgan fingerprint density at radius 1 is 1.23 bits per heavy atom. The molecule has 2 aliphatic heterocycles. The maximum atomic E-state index is 12.0. The highest BCUT2D eigenvalue weighted by molar-refractivity contribution is 5.97. The molecule has 0 aliphatic carbocycles. The topological polar surface area (TPSA) is 61.9 Å². The first-order valence-corrected chi connectivity index (χ1v) is 7.65. The van der Waals surface area contributed by atoms with Crippen LogP contribution < -0.4 is 15.0 Å². The Bertz CT molecular complexity index is 592. The second-order valence-corrected chi connectivity index (χ2v) is 5.96. The van der Waals surface area contributed by atoms with Crippen molar-refractivity contribution in [3.8, 4) is 5.75 Å². The highest BCUT2D eigenvalue weighted by atomic mass is 16.5. The lowest BCUT2D eigenvalue weighted by Gasteiger charge is -2.38. The molecule has 0 radical (unpaired) electrons. The maximum absolute atomic E-state index is 12.0. The molecule has 2 aliphatic rings. The number of piperazine rings is 1. The van der Waals surface area contributed by atoms with Gasteiger partial charge in [0.1, 0.15) is 0 Å². The SMILES string of the molecule is CC(C)C(=O)N1CCN(c2cccc3c2OCC(=O)N3)CC1. The van der Waals surface area contributed by atoms with E-state index in [1.54, 1.807) is 0 Å². The van der Waals surface area contributed by atoms with Crippen LogP contribution >= 0.6 is 0 Å². The Morgan fingerprint density at radius 2 is 1.95 bits per heavy atom. The second-order valence-electron chi connectivity index (χ2n) is 5.96. The number of rotatable bonds is 2. The van der Waals surface area contributed by atoms with E-state index in [0.29, 0.717) is 13.1 Å². The third kappa shape index (κ3) is 2.73. The van der Waals surface area contributed by atoms with Gasteiger partial charge in [0, 0.05) is 32.1 Å². The minimum absolute atomic E-state index is 0.0366. The Hall–Kier alpha value is -2.24. The van der Waals surface area contributed by atoms with E-state index in [4.69, 9.17) is 4.74 Å². The molecule has 1 aromatic carbocycles. The first kappa shape index (κ1) is 14.7. The molecule has 1 N–H and O–H groups in total. The monoisotopic (exact) mass is 303 g/mol. The van der Waals surface area contributed by atoms with E-state index in [1.807, 2.05) is 36.9 Å². The molecule has 0 spiro atoms. The summed E-state index contributed by atoms with van der Waals surface area (Å²) in [4.78, 5) is 27.6. The molecule has 0 aromatic heterocycles. The van der Waals surface area contributed by atoms with Crippen LogP contribution in [-0.4, -0.2) is 49.5 Å². The summed E-state index contributed by atoms with van der Waals surface area (Å²) in [6.07, 6.45) is 0. The van der Waals surface area contributed by atoms with Crippen LogP contribution in [0.3, 0.4) is 0 Å². The van der Waals surface area contributed by atoms with Crippen molar-refractivity contribution in [2.24, 2.45) is 5.92 Å². The summed E-state index contributed by atoms with van der Waals surface area (Å²) in [6.45, 7) is 6.88. The summed E-state index contributed by atoms with van der Waals surface area (Å²) in [5.41, 5.74) is 1.70. The normalized spacial score (nSPS) is 17.9. The van der Waals surface area contributed by atoms with Gasteiger partial charge in [-0.1, -0.05) is 19.9 Å². The molecule has 0 unspecified atom stereocenters. The van der Waals surface area contributed by atoms with Crippen LogP contribution in [0.1, 0.15) is 13.8 Å². The van der Waals surface area contributed by atoms with Crippen LogP contribution in [0.5, 0.6) is 5.75 Å². The average Bonchev–Trinajstić information content (AvgIpc) is 2.53. The Balaban J connectivity index is 1.73. The number of fused-ring (bicyclic) bond motifs is 1. The van der Waals surface area contributed by atoms with Crippen LogP contribution in [-0.2, 0) is 9.59 Å². The van der Waals surface area contributed by atoms with Gasteiger partial charge >= 0.3 is 0 Å². The molecule has 2 heterocycles. The highest BCUT2D eigenvalue weighted by Gasteiger charge is 2.26. The highest BCUT2D eigenvalue weighted by Crippen LogP contribution is 2.38. The minimum Gasteiger partial charge on any atom is -0.479 e. The largest absolute Gasteiger partial charge is 0.479 e. The van der Waals surface area contributed by atoms with Crippen molar-refractivity contribution in [3.63, 3.8) is 0 Å². The fourth-order valence-corrected chi connectivity index (χ4v) is 2.88. The Morgan fingerprint density at radius 3 is 2.64 bits per heavy atom. The van der Waals surface area contributed by atoms with Gasteiger partial charge in [-0.25, -0.2) is 0 Å². The number of ether oxygens (including phenoxy) is 1. The van der Waals surface area contributed by atoms with Crippen molar-refractivity contribution >= 4 is 23.2 Å². The van der Waals surface area contributed by atoms with E-state index in [9.17, 15) is 9.59 Å². The number of anilines is 2. The number of para-hydroxylation sites is 1. The molecular formula is C16H21N3O3. The molecule has 6 nitrogen and oxygen atoms in total. The number of carbonyl (C=O) groups is 2. The smallest absolute Gasteiger partial charge is 0.262 e. The van der Waals surface area contributed by atoms with Crippen molar-refractivity contribution < 1.29 is 14.3 Å². The number of benzene rings is 1. The molecule has 6 heteroatoms. The summed E-state index contributed by atoms with van der Waals surface area (Å²) < 4.78 is 5.60. The first-order valence-electron chi connectivity index (χ1n) is 7.65. The lowest BCUT2D eigenvalue weighted by molar-refractivity contribution is -0.134. The van der Waals surface area contributed by atoms with Crippen molar-refractivity contribution in [1.29, 1.82) is 0 Å². The number of nitrogens with one attached hydrogen (secondary N) is 1. The van der Waals surface area contributed by atoms with Crippen LogP contribution in [0.2, 0.25) is 0 Å². The van der Waals surface area contributed by atoms with Gasteiger partial charge in [-0.2, -0.15) is 0 Å². The number of carbonyl (C=O) groups excluding carboxylic acids is 2. The second kappa shape index (κ2) is 5.87. The van der Waals surface area contributed by atoms with E-state index < -0.39 is 0 Å².